The van der Waals surface area contributed by atoms with E-state index in [1.807, 2.05) is 0 Å². The van der Waals surface area contributed by atoms with Crippen molar-refractivity contribution >= 4 is 17.8 Å². The Morgan fingerprint density at radius 3 is 2.46 bits per heavy atom. The van der Waals surface area contributed by atoms with E-state index in [1.165, 1.54) is 26.4 Å². The van der Waals surface area contributed by atoms with Crippen LogP contribution in [0.5, 0.6) is 0 Å². The molecule has 7 nitrogen and oxygen atoms in total. The van der Waals surface area contributed by atoms with E-state index < -0.39 is 12.1 Å². The number of hydrogen-bond donors (Lipinski definition) is 0. The van der Waals surface area contributed by atoms with Crippen molar-refractivity contribution in [1.29, 1.82) is 0 Å². The minimum atomic E-state index is -0.483. The molecule has 1 aliphatic heterocycles. The lowest BCUT2D eigenvalue weighted by Gasteiger charge is -2.38. The highest BCUT2D eigenvalue weighted by atomic mass is 16.5. The number of likely N-dealkylation sites (tertiary alicyclic amines) is 1. The maximum Gasteiger partial charge on any atom is 0.409 e. The van der Waals surface area contributed by atoms with Crippen molar-refractivity contribution in [3.8, 4) is 0 Å². The van der Waals surface area contributed by atoms with Crippen molar-refractivity contribution in [2.75, 3.05) is 26.9 Å². The molecule has 0 radical (unpaired) electrons. The first-order valence-electron chi connectivity index (χ1n) is 9.69. The maximum atomic E-state index is 12.4. The monoisotopic (exact) mass is 369 g/mol. The Morgan fingerprint density at radius 1 is 1.08 bits per heavy atom. The van der Waals surface area contributed by atoms with Crippen LogP contribution in [0.4, 0.5) is 4.79 Å². The van der Waals surface area contributed by atoms with Crippen LogP contribution < -0.4 is 0 Å². The first-order valence-corrected chi connectivity index (χ1v) is 9.69. The molecular weight excluding hydrogens is 338 g/mol. The molecule has 0 aromatic heterocycles. The number of nitrogens with zero attached hydrogens (tertiary/aromatic N) is 1. The van der Waals surface area contributed by atoms with Crippen LogP contribution in [0.1, 0.15) is 58.3 Å². The maximum absolute atomic E-state index is 12.4. The van der Waals surface area contributed by atoms with E-state index in [1.54, 1.807) is 11.8 Å². The van der Waals surface area contributed by atoms with Crippen LogP contribution in [0.3, 0.4) is 0 Å². The summed E-state index contributed by atoms with van der Waals surface area (Å²) < 4.78 is 15.8. The van der Waals surface area contributed by atoms with E-state index in [0.29, 0.717) is 26.0 Å². The summed E-state index contributed by atoms with van der Waals surface area (Å²) in [5.74, 6) is -0.848. The Hall–Kier alpha value is -1.63. The molecule has 0 spiro atoms. The Kier molecular flexibility index (Phi) is 8.35. The fraction of sp³-hybridized carbons (Fsp3) is 0.842. The largest absolute Gasteiger partial charge is 0.466 e. The molecule has 26 heavy (non-hydrogen) atoms. The van der Waals surface area contributed by atoms with E-state index in [2.05, 4.69) is 0 Å². The summed E-state index contributed by atoms with van der Waals surface area (Å²) in [6, 6.07) is -0.200. The van der Waals surface area contributed by atoms with E-state index in [0.717, 1.165) is 12.8 Å². The van der Waals surface area contributed by atoms with Crippen molar-refractivity contribution in [2.24, 2.45) is 5.92 Å². The van der Waals surface area contributed by atoms with Gasteiger partial charge in [0.1, 0.15) is 12.2 Å². The van der Waals surface area contributed by atoms with Crippen LogP contribution in [-0.4, -0.2) is 61.8 Å². The number of methoxy groups -OCH3 is 1. The number of carbonyl (C=O) groups excluding carboxylic acids is 3. The highest BCUT2D eigenvalue weighted by Gasteiger charge is 2.36. The Balaban J connectivity index is 1.93. The molecule has 1 amide bonds. The normalized spacial score (nSPS) is 24.2. The van der Waals surface area contributed by atoms with Crippen LogP contribution in [-0.2, 0) is 23.8 Å². The second kappa shape index (κ2) is 10.5. The molecule has 0 bridgehead atoms. The summed E-state index contributed by atoms with van der Waals surface area (Å²) in [6.07, 6.45) is 6.39. The highest BCUT2D eigenvalue weighted by molar-refractivity contribution is 5.96. The SMILES string of the molecule is CCOC(=O)CC(=O)C1CCN(C(=O)OC)C(COC2CCCCC2)C1. The fourth-order valence-corrected chi connectivity index (χ4v) is 3.84. The van der Waals surface area contributed by atoms with Crippen LogP contribution in [0, 0.1) is 5.92 Å². The summed E-state index contributed by atoms with van der Waals surface area (Å²) in [5.41, 5.74) is 0. The first-order chi connectivity index (χ1) is 12.5. The van der Waals surface area contributed by atoms with Gasteiger partial charge in [-0.1, -0.05) is 19.3 Å². The van der Waals surface area contributed by atoms with Crippen molar-refractivity contribution in [1.82, 2.24) is 4.90 Å². The average Bonchev–Trinajstić information content (AvgIpc) is 2.66. The molecule has 0 aromatic rings. The predicted molar refractivity (Wildman–Crippen MR) is 94.7 cm³/mol. The van der Waals surface area contributed by atoms with Crippen molar-refractivity contribution in [3.05, 3.63) is 0 Å². The lowest BCUT2D eigenvalue weighted by Crippen LogP contribution is -2.50. The molecule has 1 saturated carbocycles. The minimum absolute atomic E-state index is 0.115. The summed E-state index contributed by atoms with van der Waals surface area (Å²) in [7, 11) is 1.36. The van der Waals surface area contributed by atoms with Gasteiger partial charge in [0.05, 0.1) is 32.5 Å². The Morgan fingerprint density at radius 2 is 1.81 bits per heavy atom. The number of amides is 1. The molecule has 2 atom stereocenters. The van der Waals surface area contributed by atoms with Gasteiger partial charge in [0, 0.05) is 12.5 Å². The van der Waals surface area contributed by atoms with Gasteiger partial charge >= 0.3 is 12.1 Å². The van der Waals surface area contributed by atoms with Gasteiger partial charge in [-0.25, -0.2) is 4.79 Å². The van der Waals surface area contributed by atoms with Crippen LogP contribution in [0.25, 0.3) is 0 Å². The van der Waals surface area contributed by atoms with E-state index in [9.17, 15) is 14.4 Å². The first kappa shape index (κ1) is 20.7. The zero-order chi connectivity index (χ0) is 18.9. The predicted octanol–water partition coefficient (Wildman–Crippen LogP) is 2.71. The van der Waals surface area contributed by atoms with E-state index >= 15 is 0 Å². The number of hydrogen-bond acceptors (Lipinski definition) is 6. The number of piperidine rings is 1. The van der Waals surface area contributed by atoms with Crippen molar-refractivity contribution in [2.45, 2.75) is 70.4 Å². The smallest absolute Gasteiger partial charge is 0.409 e. The van der Waals surface area contributed by atoms with Gasteiger partial charge in [-0.15, -0.1) is 0 Å². The molecule has 1 saturated heterocycles. The molecule has 2 aliphatic rings. The van der Waals surface area contributed by atoms with Crippen molar-refractivity contribution in [3.63, 3.8) is 0 Å². The second-order valence-corrected chi connectivity index (χ2v) is 7.08. The molecule has 0 aromatic carbocycles. The molecule has 0 N–H and O–H groups in total. The molecule has 2 unspecified atom stereocenters. The number of ether oxygens (including phenoxy) is 3. The van der Waals surface area contributed by atoms with Gasteiger partial charge in [-0.05, 0) is 32.6 Å². The number of Topliss-reactive ketones (excluding diaryl/α,β-unsaturated/α-hetero) is 1. The average molecular weight is 369 g/mol. The minimum Gasteiger partial charge on any atom is -0.466 e. The van der Waals surface area contributed by atoms with Gasteiger partial charge in [-0.3, -0.25) is 9.59 Å². The third-order valence-electron chi connectivity index (χ3n) is 5.28. The van der Waals surface area contributed by atoms with Gasteiger partial charge < -0.3 is 19.1 Å². The van der Waals surface area contributed by atoms with Gasteiger partial charge in [-0.2, -0.15) is 0 Å². The molecule has 2 fully saturated rings. The van der Waals surface area contributed by atoms with Gasteiger partial charge in [0.25, 0.3) is 0 Å². The quantitative estimate of drug-likeness (QED) is 0.507. The molecule has 7 heteroatoms. The third-order valence-corrected chi connectivity index (χ3v) is 5.28. The Labute approximate surface area is 155 Å². The number of esters is 1. The molecule has 1 heterocycles. The topological polar surface area (TPSA) is 82.1 Å². The lowest BCUT2D eigenvalue weighted by molar-refractivity contribution is -0.146. The van der Waals surface area contributed by atoms with E-state index in [4.69, 9.17) is 14.2 Å². The summed E-state index contributed by atoms with van der Waals surface area (Å²) in [6.45, 7) is 2.83. The summed E-state index contributed by atoms with van der Waals surface area (Å²) >= 11 is 0. The van der Waals surface area contributed by atoms with E-state index in [-0.39, 0.29) is 36.9 Å². The van der Waals surface area contributed by atoms with Gasteiger partial charge in [0.2, 0.25) is 0 Å². The molecule has 2 rings (SSSR count). The zero-order valence-corrected chi connectivity index (χ0v) is 15.9. The molecular formula is C19H31NO6. The van der Waals surface area contributed by atoms with Crippen LogP contribution in [0.2, 0.25) is 0 Å². The number of rotatable bonds is 7. The third kappa shape index (κ3) is 5.97. The standard InChI is InChI=1S/C19H31NO6/c1-3-25-18(22)12-17(21)14-9-10-20(19(23)24-2)15(11-14)13-26-16-7-5-4-6-8-16/h14-16H,3-13H2,1-2H3. The van der Waals surface area contributed by atoms with Gasteiger partial charge in [0.15, 0.2) is 0 Å². The fourth-order valence-electron chi connectivity index (χ4n) is 3.84. The molecule has 148 valence electrons. The second-order valence-electron chi connectivity index (χ2n) is 7.08. The Bertz CT molecular complexity index is 488. The lowest BCUT2D eigenvalue weighted by atomic mass is 9.86. The number of carbonyl (C=O) groups is 3. The zero-order valence-electron chi connectivity index (χ0n) is 15.9. The number of ketones is 1. The summed E-state index contributed by atoms with van der Waals surface area (Å²) in [4.78, 5) is 37.7. The molecule has 1 aliphatic carbocycles. The highest BCUT2D eigenvalue weighted by Crippen LogP contribution is 2.27. The van der Waals surface area contributed by atoms with Crippen LogP contribution in [0.15, 0.2) is 0 Å². The van der Waals surface area contributed by atoms with Crippen molar-refractivity contribution < 1.29 is 28.6 Å². The van der Waals surface area contributed by atoms with Crippen LogP contribution >= 0.6 is 0 Å². The summed E-state index contributed by atoms with van der Waals surface area (Å²) in [5, 5.41) is 0.